The average Bonchev–Trinajstić information content (AvgIpc) is 3.17. The molecule has 0 aromatic carbocycles. The topological polar surface area (TPSA) is 126 Å². The van der Waals surface area contributed by atoms with E-state index in [2.05, 4.69) is 38.4 Å². The maximum absolute atomic E-state index is 11.8. The van der Waals surface area contributed by atoms with Gasteiger partial charge in [0, 0.05) is 49.6 Å². The maximum Gasteiger partial charge on any atom is 0.259 e. The zero-order valence-electron chi connectivity index (χ0n) is 23.0. The van der Waals surface area contributed by atoms with Crippen LogP contribution in [0.2, 0.25) is 0 Å². The van der Waals surface area contributed by atoms with Crippen molar-refractivity contribution in [3.8, 4) is 6.07 Å². The lowest BCUT2D eigenvalue weighted by molar-refractivity contribution is -0.540. The van der Waals surface area contributed by atoms with Gasteiger partial charge in [-0.15, -0.1) is 0 Å². The molecule has 0 bridgehead atoms. The number of nitro groups is 1. The minimum absolute atomic E-state index is 0.0271. The highest BCUT2D eigenvalue weighted by Gasteiger charge is 2.44. The second kappa shape index (κ2) is 16.3. The van der Waals surface area contributed by atoms with Gasteiger partial charge in [-0.2, -0.15) is 5.26 Å². The molecule has 0 amide bonds. The lowest BCUT2D eigenvalue weighted by Crippen LogP contribution is -2.46. The molecule has 210 valence electrons. The van der Waals surface area contributed by atoms with Gasteiger partial charge in [-0.05, 0) is 40.5 Å². The van der Waals surface area contributed by atoms with Crippen LogP contribution in [0.1, 0.15) is 53.4 Å². The Bertz CT molecular complexity index is 723. The molecule has 13 heteroatoms. The number of nitrogens with zero attached hydrogens (tertiary/aromatic N) is 3. The van der Waals surface area contributed by atoms with Crippen molar-refractivity contribution in [2.45, 2.75) is 95.8 Å². The molecule has 1 heterocycles. The van der Waals surface area contributed by atoms with Crippen LogP contribution in [-0.2, 0) is 28.0 Å². The Balaban J connectivity index is 2.02. The van der Waals surface area contributed by atoms with Crippen molar-refractivity contribution in [2.75, 3.05) is 40.6 Å². The molecular formula is C24H43BN3O8P. The van der Waals surface area contributed by atoms with Crippen molar-refractivity contribution in [3.63, 3.8) is 0 Å². The lowest BCUT2D eigenvalue weighted by atomic mass is 9.77. The Morgan fingerprint density at radius 2 is 1.81 bits per heavy atom. The number of rotatable bonds is 16. The second-order valence-corrected chi connectivity index (χ2v) is 11.7. The molecular weight excluding hydrogens is 500 g/mol. The molecule has 1 saturated carbocycles. The third kappa shape index (κ3) is 9.66. The first-order valence-electron chi connectivity index (χ1n) is 13.0. The lowest BCUT2D eigenvalue weighted by Gasteiger charge is -2.37. The third-order valence-corrected chi connectivity index (χ3v) is 8.99. The highest BCUT2D eigenvalue weighted by Crippen LogP contribution is 2.49. The van der Waals surface area contributed by atoms with E-state index in [1.165, 1.54) is 0 Å². The molecule has 2 aliphatic rings. The largest absolute Gasteiger partial charge is 0.384 e. The van der Waals surface area contributed by atoms with Crippen molar-refractivity contribution in [3.05, 3.63) is 10.1 Å². The molecule has 1 aliphatic heterocycles. The van der Waals surface area contributed by atoms with Crippen LogP contribution in [-0.4, -0.2) is 101 Å². The Morgan fingerprint density at radius 1 is 1.11 bits per heavy atom. The summed E-state index contributed by atoms with van der Waals surface area (Å²) in [5.41, 5.74) is 0. The summed E-state index contributed by atoms with van der Waals surface area (Å²) >= 11 is 0. The molecule has 8 atom stereocenters. The summed E-state index contributed by atoms with van der Waals surface area (Å²) in [6, 6.07) is 1.20. The summed E-state index contributed by atoms with van der Waals surface area (Å²) in [5, 5.41) is 20.7. The van der Waals surface area contributed by atoms with Crippen LogP contribution in [0.15, 0.2) is 0 Å². The second-order valence-electron chi connectivity index (χ2n) is 10.3. The average molecular weight is 543 g/mol. The van der Waals surface area contributed by atoms with E-state index in [1.54, 1.807) is 14.2 Å². The minimum atomic E-state index is -1.46. The van der Waals surface area contributed by atoms with Gasteiger partial charge in [-0.3, -0.25) is 10.1 Å². The summed E-state index contributed by atoms with van der Waals surface area (Å²) in [5.74, 6) is -0.313. The van der Waals surface area contributed by atoms with E-state index in [4.69, 9.17) is 41.1 Å². The molecule has 2 fully saturated rings. The maximum atomic E-state index is 11.8. The smallest absolute Gasteiger partial charge is 0.259 e. The van der Waals surface area contributed by atoms with Crippen molar-refractivity contribution >= 4 is 16.4 Å². The first-order chi connectivity index (χ1) is 17.6. The van der Waals surface area contributed by atoms with Crippen LogP contribution in [0, 0.1) is 33.3 Å². The van der Waals surface area contributed by atoms with Crippen LogP contribution in [0.25, 0.3) is 0 Å². The molecule has 1 saturated heterocycles. The van der Waals surface area contributed by atoms with Gasteiger partial charge < -0.3 is 28.0 Å². The zero-order chi connectivity index (χ0) is 27.5. The summed E-state index contributed by atoms with van der Waals surface area (Å²) in [4.78, 5) is 11.6. The SMILES string of the molecule is [B]C1CC(OP(OCCC#N)N(C(C)C)C(C)C)C(COCC2CC(OC)C(COC)CC2[N+](=O)[O-])O1. The van der Waals surface area contributed by atoms with Gasteiger partial charge in [0.1, 0.15) is 14.0 Å². The molecule has 8 unspecified atom stereocenters. The molecule has 2 rings (SSSR count). The predicted molar refractivity (Wildman–Crippen MR) is 140 cm³/mol. The Morgan fingerprint density at radius 3 is 2.38 bits per heavy atom. The number of hydrogen-bond acceptors (Lipinski definition) is 10. The number of nitriles is 1. The van der Waals surface area contributed by atoms with Crippen LogP contribution in [0.4, 0.5) is 0 Å². The van der Waals surface area contributed by atoms with Crippen LogP contribution >= 0.6 is 8.53 Å². The van der Waals surface area contributed by atoms with E-state index in [0.717, 1.165) is 0 Å². The van der Waals surface area contributed by atoms with E-state index in [0.29, 0.717) is 25.9 Å². The highest BCUT2D eigenvalue weighted by molar-refractivity contribution is 7.44. The monoisotopic (exact) mass is 543 g/mol. The minimum Gasteiger partial charge on any atom is -0.384 e. The quantitative estimate of drug-likeness (QED) is 0.0942. The van der Waals surface area contributed by atoms with E-state index in [-0.39, 0.29) is 67.3 Å². The molecule has 0 N–H and O–H groups in total. The Labute approximate surface area is 223 Å². The van der Waals surface area contributed by atoms with E-state index < -0.39 is 26.7 Å². The molecule has 37 heavy (non-hydrogen) atoms. The third-order valence-electron chi connectivity index (χ3n) is 6.83. The van der Waals surface area contributed by atoms with Crippen molar-refractivity contribution in [1.82, 2.24) is 4.67 Å². The van der Waals surface area contributed by atoms with E-state index >= 15 is 0 Å². The normalized spacial score (nSPS) is 31.2. The summed E-state index contributed by atoms with van der Waals surface area (Å²) in [6.45, 7) is 9.40. The van der Waals surface area contributed by atoms with Gasteiger partial charge in [0.2, 0.25) is 6.04 Å². The van der Waals surface area contributed by atoms with Crippen LogP contribution < -0.4 is 0 Å². The van der Waals surface area contributed by atoms with Gasteiger partial charge >= 0.3 is 0 Å². The zero-order valence-corrected chi connectivity index (χ0v) is 23.9. The Kier molecular flexibility index (Phi) is 14.2. The Hall–Kier alpha value is -0.895. The summed E-state index contributed by atoms with van der Waals surface area (Å²) < 4.78 is 37.4. The molecule has 0 aromatic rings. The van der Waals surface area contributed by atoms with Crippen LogP contribution in [0.5, 0.6) is 0 Å². The van der Waals surface area contributed by atoms with Crippen molar-refractivity contribution in [1.29, 1.82) is 5.26 Å². The van der Waals surface area contributed by atoms with E-state index in [9.17, 15) is 10.1 Å². The predicted octanol–water partition coefficient (Wildman–Crippen LogP) is 3.28. The van der Waals surface area contributed by atoms with Crippen molar-refractivity contribution in [2.24, 2.45) is 11.8 Å². The number of methoxy groups -OCH3 is 2. The van der Waals surface area contributed by atoms with Gasteiger partial charge in [0.05, 0.1) is 57.0 Å². The highest BCUT2D eigenvalue weighted by atomic mass is 31.2. The van der Waals surface area contributed by atoms with Gasteiger partial charge in [-0.1, -0.05) is 0 Å². The first kappa shape index (κ1) is 32.3. The molecule has 0 aromatic heterocycles. The molecule has 0 spiro atoms. The van der Waals surface area contributed by atoms with Gasteiger partial charge in [0.25, 0.3) is 8.53 Å². The molecule has 1 aliphatic carbocycles. The van der Waals surface area contributed by atoms with Crippen molar-refractivity contribution < 1.29 is 32.9 Å². The fourth-order valence-electron chi connectivity index (χ4n) is 5.17. The fraction of sp³-hybridized carbons (Fsp3) is 0.958. The fourth-order valence-corrected chi connectivity index (χ4v) is 6.93. The van der Waals surface area contributed by atoms with Gasteiger partial charge in [-0.25, -0.2) is 4.67 Å². The molecule has 11 nitrogen and oxygen atoms in total. The van der Waals surface area contributed by atoms with Gasteiger partial charge in [0.15, 0.2) is 0 Å². The first-order valence-corrected chi connectivity index (χ1v) is 14.1. The summed E-state index contributed by atoms with van der Waals surface area (Å²) in [7, 11) is 7.86. The number of ether oxygens (including phenoxy) is 4. The van der Waals surface area contributed by atoms with E-state index in [1.807, 2.05) is 0 Å². The summed E-state index contributed by atoms with van der Waals surface area (Å²) in [6.07, 6.45) is 0.738. The van der Waals surface area contributed by atoms with Crippen LogP contribution in [0.3, 0.4) is 0 Å². The number of hydrogen-bond donors (Lipinski definition) is 0. The standard InChI is InChI=1S/C24H43BN3O8P/c1-16(2)27(17(3)4)37(34-9-7-8-26)36-22-12-24(25)35-23(22)15-33-14-18-11-21(32-6)19(13-31-5)10-20(18)28(29)30/h16-24H,7,9-15H2,1-6H3. The molecule has 2 radical (unpaired) electrons.